The van der Waals surface area contributed by atoms with E-state index in [2.05, 4.69) is 15.9 Å². The number of ether oxygens (including phenoxy) is 1. The maximum Gasteiger partial charge on any atom is 0.266 e. The van der Waals surface area contributed by atoms with Crippen LogP contribution >= 0.6 is 39.9 Å². The molecule has 1 aliphatic heterocycles. The van der Waals surface area contributed by atoms with Crippen LogP contribution in [0.3, 0.4) is 0 Å². The second-order valence-electron chi connectivity index (χ2n) is 4.73. The number of rotatable bonds is 4. The molecule has 0 atom stereocenters. The summed E-state index contributed by atoms with van der Waals surface area (Å²) in [5.74, 6) is 1.27. The molecule has 3 rings (SSSR count). The summed E-state index contributed by atoms with van der Waals surface area (Å²) >= 11 is 10.0. The number of halogens is 1. The number of hydrogen-bond donors (Lipinski definition) is 0. The molecule has 7 heteroatoms. The monoisotopic (exact) mass is 409 g/mol. The molecule has 0 bridgehead atoms. The van der Waals surface area contributed by atoms with Crippen LogP contribution in [0.1, 0.15) is 11.3 Å². The number of nitrogens with zero attached hydrogens (tertiary/aromatic N) is 1. The van der Waals surface area contributed by atoms with Crippen molar-refractivity contribution < 1.29 is 13.9 Å². The number of hydrogen-bond acceptors (Lipinski definition) is 5. The third-order valence-corrected chi connectivity index (χ3v) is 5.12. The number of furan rings is 1. The lowest BCUT2D eigenvalue weighted by Gasteiger charge is -2.12. The zero-order valence-corrected chi connectivity index (χ0v) is 15.3. The smallest absolute Gasteiger partial charge is 0.266 e. The molecular formula is C16H12BrNO3S2. The van der Waals surface area contributed by atoms with Crippen molar-refractivity contribution in [3.05, 3.63) is 57.3 Å². The van der Waals surface area contributed by atoms with E-state index in [1.165, 1.54) is 16.7 Å². The van der Waals surface area contributed by atoms with Crippen molar-refractivity contribution in [3.63, 3.8) is 0 Å². The highest BCUT2D eigenvalue weighted by molar-refractivity contribution is 9.10. The summed E-state index contributed by atoms with van der Waals surface area (Å²) in [6.45, 7) is 0.338. The van der Waals surface area contributed by atoms with Crippen molar-refractivity contribution in [3.8, 4) is 5.75 Å². The maximum atomic E-state index is 12.6. The number of thioether (sulfide) groups is 1. The molecule has 4 nitrogen and oxygen atoms in total. The molecule has 0 aliphatic carbocycles. The van der Waals surface area contributed by atoms with Crippen LogP contribution in [0, 0.1) is 0 Å². The Morgan fingerprint density at radius 1 is 1.43 bits per heavy atom. The van der Waals surface area contributed by atoms with Crippen molar-refractivity contribution in [1.29, 1.82) is 0 Å². The molecule has 23 heavy (non-hydrogen) atoms. The summed E-state index contributed by atoms with van der Waals surface area (Å²) in [5, 5.41) is 0. The van der Waals surface area contributed by atoms with E-state index < -0.39 is 0 Å². The van der Waals surface area contributed by atoms with Gasteiger partial charge in [-0.1, -0.05) is 39.9 Å². The van der Waals surface area contributed by atoms with Crippen LogP contribution in [0.25, 0.3) is 6.08 Å². The van der Waals surface area contributed by atoms with E-state index >= 15 is 0 Å². The van der Waals surface area contributed by atoms with Gasteiger partial charge >= 0.3 is 0 Å². The maximum absolute atomic E-state index is 12.6. The van der Waals surface area contributed by atoms with E-state index in [9.17, 15) is 4.79 Å². The minimum Gasteiger partial charge on any atom is -0.496 e. The van der Waals surface area contributed by atoms with Crippen LogP contribution in [-0.4, -0.2) is 22.2 Å². The lowest BCUT2D eigenvalue weighted by molar-refractivity contribution is -0.122. The SMILES string of the molecule is COc1ccc(Br)cc1/C=C1\SC(=S)N(Cc2ccco2)C1=O. The lowest BCUT2D eigenvalue weighted by atomic mass is 10.2. The predicted octanol–water partition coefficient (Wildman–Crippen LogP) is 4.45. The van der Waals surface area contributed by atoms with E-state index in [0.717, 1.165) is 10.0 Å². The van der Waals surface area contributed by atoms with Crippen molar-refractivity contribution >= 4 is 56.2 Å². The Balaban J connectivity index is 1.88. The molecule has 0 saturated carbocycles. The summed E-state index contributed by atoms with van der Waals surface area (Å²) in [6, 6.07) is 9.24. The molecule has 1 aliphatic rings. The largest absolute Gasteiger partial charge is 0.496 e. The van der Waals surface area contributed by atoms with Crippen molar-refractivity contribution in [2.24, 2.45) is 0 Å². The molecule has 0 unspecified atom stereocenters. The van der Waals surface area contributed by atoms with Gasteiger partial charge in [0.15, 0.2) is 0 Å². The Labute approximate surface area is 151 Å². The minimum atomic E-state index is -0.126. The van der Waals surface area contributed by atoms with Gasteiger partial charge < -0.3 is 9.15 Å². The molecule has 0 spiro atoms. The summed E-state index contributed by atoms with van der Waals surface area (Å²) in [6.07, 6.45) is 3.38. The number of thiocarbonyl (C=S) groups is 1. The van der Waals surface area contributed by atoms with Gasteiger partial charge in [0.1, 0.15) is 15.8 Å². The van der Waals surface area contributed by atoms with Crippen LogP contribution in [0.15, 0.2) is 50.4 Å². The molecule has 2 heterocycles. The zero-order chi connectivity index (χ0) is 16.4. The molecule has 0 N–H and O–H groups in total. The topological polar surface area (TPSA) is 42.7 Å². The van der Waals surface area contributed by atoms with Crippen LogP contribution in [0.2, 0.25) is 0 Å². The molecular weight excluding hydrogens is 398 g/mol. The summed E-state index contributed by atoms with van der Waals surface area (Å²) in [7, 11) is 1.60. The van der Waals surface area contributed by atoms with E-state index in [4.69, 9.17) is 21.4 Å². The first kappa shape index (κ1) is 16.3. The summed E-state index contributed by atoms with van der Waals surface area (Å²) in [4.78, 5) is 14.7. The predicted molar refractivity (Wildman–Crippen MR) is 98.1 cm³/mol. The highest BCUT2D eigenvalue weighted by atomic mass is 79.9. The third-order valence-electron chi connectivity index (χ3n) is 3.25. The highest BCUT2D eigenvalue weighted by Crippen LogP contribution is 2.35. The number of carbonyl (C=O) groups is 1. The average molecular weight is 410 g/mol. The lowest BCUT2D eigenvalue weighted by Crippen LogP contribution is -2.27. The Morgan fingerprint density at radius 3 is 2.96 bits per heavy atom. The van der Waals surface area contributed by atoms with Gasteiger partial charge in [-0.05, 0) is 36.4 Å². The molecule has 1 amide bonds. The Morgan fingerprint density at radius 2 is 2.26 bits per heavy atom. The van der Waals surface area contributed by atoms with Crippen LogP contribution in [-0.2, 0) is 11.3 Å². The summed E-state index contributed by atoms with van der Waals surface area (Å²) in [5.41, 5.74) is 0.820. The fourth-order valence-electron chi connectivity index (χ4n) is 2.15. The van der Waals surface area contributed by atoms with E-state index in [0.29, 0.717) is 27.3 Å². The fraction of sp³-hybridized carbons (Fsp3) is 0.125. The molecule has 2 aromatic rings. The van der Waals surface area contributed by atoms with Crippen LogP contribution in [0.4, 0.5) is 0 Å². The Bertz CT molecular complexity index is 787. The van der Waals surface area contributed by atoms with E-state index in [1.54, 1.807) is 25.5 Å². The van der Waals surface area contributed by atoms with E-state index in [-0.39, 0.29) is 5.91 Å². The molecule has 1 saturated heterocycles. The molecule has 1 aromatic carbocycles. The van der Waals surface area contributed by atoms with E-state index in [1.807, 2.05) is 24.3 Å². The van der Waals surface area contributed by atoms with Crippen LogP contribution < -0.4 is 4.74 Å². The molecule has 118 valence electrons. The van der Waals surface area contributed by atoms with Gasteiger partial charge in [0.25, 0.3) is 5.91 Å². The zero-order valence-electron chi connectivity index (χ0n) is 12.1. The Kier molecular flexibility index (Phi) is 4.89. The fourth-order valence-corrected chi connectivity index (χ4v) is 3.78. The number of carbonyl (C=O) groups excluding carboxylic acids is 1. The van der Waals surface area contributed by atoms with Gasteiger partial charge in [-0.15, -0.1) is 0 Å². The average Bonchev–Trinajstić information content (AvgIpc) is 3.12. The molecule has 1 aromatic heterocycles. The summed E-state index contributed by atoms with van der Waals surface area (Å²) < 4.78 is 12.1. The van der Waals surface area contributed by atoms with Gasteiger partial charge in [0.05, 0.1) is 24.8 Å². The normalized spacial score (nSPS) is 16.4. The standard InChI is InChI=1S/C16H12BrNO3S2/c1-20-13-5-4-11(17)7-10(13)8-14-15(19)18(16(22)23-14)9-12-3-2-6-21-12/h2-8H,9H2,1H3/b14-8-. The third kappa shape index (κ3) is 3.52. The quantitative estimate of drug-likeness (QED) is 0.550. The second kappa shape index (κ2) is 6.90. The van der Waals surface area contributed by atoms with Gasteiger partial charge in [0, 0.05) is 10.0 Å². The van der Waals surface area contributed by atoms with Gasteiger partial charge in [-0.25, -0.2) is 0 Å². The van der Waals surface area contributed by atoms with Crippen molar-refractivity contribution in [1.82, 2.24) is 4.90 Å². The number of benzene rings is 1. The van der Waals surface area contributed by atoms with Crippen molar-refractivity contribution in [2.75, 3.05) is 7.11 Å². The highest BCUT2D eigenvalue weighted by Gasteiger charge is 2.32. The van der Waals surface area contributed by atoms with Crippen LogP contribution in [0.5, 0.6) is 5.75 Å². The second-order valence-corrected chi connectivity index (χ2v) is 7.32. The first-order valence-electron chi connectivity index (χ1n) is 6.70. The number of amides is 1. The van der Waals surface area contributed by atoms with Gasteiger partial charge in [-0.2, -0.15) is 0 Å². The van der Waals surface area contributed by atoms with Crippen molar-refractivity contribution in [2.45, 2.75) is 6.54 Å². The first-order chi connectivity index (χ1) is 11.1. The Hall–Kier alpha value is -1.57. The first-order valence-corrected chi connectivity index (χ1v) is 8.71. The number of methoxy groups -OCH3 is 1. The minimum absolute atomic E-state index is 0.126. The molecule has 0 radical (unpaired) electrons. The molecule has 1 fully saturated rings. The van der Waals surface area contributed by atoms with Gasteiger partial charge in [-0.3, -0.25) is 9.69 Å². The van der Waals surface area contributed by atoms with Gasteiger partial charge in [0.2, 0.25) is 0 Å².